The van der Waals surface area contributed by atoms with Crippen molar-refractivity contribution in [2.75, 3.05) is 0 Å². The summed E-state index contributed by atoms with van der Waals surface area (Å²) < 4.78 is 9.33. The first-order valence-electron chi connectivity index (χ1n) is 8.08. The smallest absolute Gasteiger partial charge is 0.220 e. The van der Waals surface area contributed by atoms with Crippen molar-refractivity contribution < 1.29 is 4.42 Å². The van der Waals surface area contributed by atoms with Gasteiger partial charge in [-0.2, -0.15) is 0 Å². The molecule has 0 fully saturated rings. The Morgan fingerprint density at radius 1 is 1.12 bits per heavy atom. The van der Waals surface area contributed by atoms with Gasteiger partial charge in [0.05, 0.1) is 16.1 Å². The summed E-state index contributed by atoms with van der Waals surface area (Å²) in [4.78, 5) is 7.09. The van der Waals surface area contributed by atoms with Gasteiger partial charge in [-0.1, -0.05) is 52.7 Å². The highest BCUT2D eigenvalue weighted by Crippen LogP contribution is 2.26. The van der Waals surface area contributed by atoms with Gasteiger partial charge in [0.2, 0.25) is 5.71 Å². The summed E-state index contributed by atoms with van der Waals surface area (Å²) in [6.45, 7) is 2.21. The van der Waals surface area contributed by atoms with Crippen molar-refractivity contribution in [2.24, 2.45) is 4.99 Å². The van der Waals surface area contributed by atoms with Crippen molar-refractivity contribution in [1.82, 2.24) is 4.40 Å². The van der Waals surface area contributed by atoms with Gasteiger partial charge in [0.1, 0.15) is 0 Å². The number of halogens is 1. The van der Waals surface area contributed by atoms with Gasteiger partial charge >= 0.3 is 0 Å². The van der Waals surface area contributed by atoms with Gasteiger partial charge in [0, 0.05) is 4.47 Å². The first kappa shape index (κ1) is 15.7. The minimum atomic E-state index is 0.908. The Kier molecular flexibility index (Phi) is 4.29. The summed E-state index contributed by atoms with van der Waals surface area (Å²) in [5.41, 5.74) is 3.86. The van der Waals surface area contributed by atoms with Crippen molar-refractivity contribution in [3.8, 4) is 0 Å². The maximum atomic E-state index is 6.12. The predicted molar refractivity (Wildman–Crippen MR) is 103 cm³/mol. The maximum absolute atomic E-state index is 6.12. The van der Waals surface area contributed by atoms with Crippen molar-refractivity contribution in [1.29, 1.82) is 0 Å². The SMILES string of the molecule is CCCCc1sc(=Nc2ccc(Br)cc2)n2c1oc1ccccc12. The van der Waals surface area contributed by atoms with E-state index in [1.54, 1.807) is 11.3 Å². The average molecular weight is 401 g/mol. The third kappa shape index (κ3) is 2.82. The minimum absolute atomic E-state index is 0.908. The third-order valence-corrected chi connectivity index (χ3v) is 5.58. The highest BCUT2D eigenvalue weighted by molar-refractivity contribution is 9.10. The van der Waals surface area contributed by atoms with E-state index in [0.29, 0.717) is 0 Å². The van der Waals surface area contributed by atoms with E-state index < -0.39 is 0 Å². The summed E-state index contributed by atoms with van der Waals surface area (Å²) in [6, 6.07) is 16.2. The lowest BCUT2D eigenvalue weighted by molar-refractivity contribution is 0.646. The van der Waals surface area contributed by atoms with E-state index in [4.69, 9.17) is 9.41 Å². The number of oxazole rings is 1. The van der Waals surface area contributed by atoms with Crippen LogP contribution in [0.2, 0.25) is 0 Å². The van der Waals surface area contributed by atoms with Gasteiger partial charge in [-0.3, -0.25) is 4.40 Å². The molecular weight excluding hydrogens is 384 g/mol. The van der Waals surface area contributed by atoms with Crippen LogP contribution >= 0.6 is 27.3 Å². The molecular formula is C19H17BrN2OS. The third-order valence-electron chi connectivity index (χ3n) is 3.97. The van der Waals surface area contributed by atoms with Crippen LogP contribution in [0.25, 0.3) is 16.8 Å². The molecule has 0 radical (unpaired) electrons. The van der Waals surface area contributed by atoms with Crippen molar-refractivity contribution >= 4 is 49.8 Å². The van der Waals surface area contributed by atoms with Crippen LogP contribution in [0.15, 0.2) is 62.4 Å². The number of aromatic nitrogens is 1. The molecule has 0 aliphatic heterocycles. The molecule has 0 N–H and O–H groups in total. The first-order valence-corrected chi connectivity index (χ1v) is 9.69. The van der Waals surface area contributed by atoms with Crippen molar-refractivity contribution in [3.63, 3.8) is 0 Å². The van der Waals surface area contributed by atoms with E-state index in [1.165, 1.54) is 11.3 Å². The highest BCUT2D eigenvalue weighted by atomic mass is 79.9. The van der Waals surface area contributed by atoms with E-state index in [0.717, 1.165) is 44.6 Å². The summed E-state index contributed by atoms with van der Waals surface area (Å²) in [7, 11) is 0. The van der Waals surface area contributed by atoms with Crippen LogP contribution in [-0.2, 0) is 6.42 Å². The number of unbranched alkanes of at least 4 members (excludes halogenated alkanes) is 1. The molecule has 0 saturated heterocycles. The molecule has 0 atom stereocenters. The number of rotatable bonds is 4. The number of hydrogen-bond donors (Lipinski definition) is 0. The second kappa shape index (κ2) is 6.57. The summed E-state index contributed by atoms with van der Waals surface area (Å²) in [5.74, 6) is 0. The van der Waals surface area contributed by atoms with Crippen molar-refractivity contribution in [3.05, 3.63) is 62.7 Å². The van der Waals surface area contributed by atoms with Gasteiger partial charge in [-0.15, -0.1) is 0 Å². The lowest BCUT2D eigenvalue weighted by Gasteiger charge is -1.93. The molecule has 4 rings (SSSR count). The zero-order chi connectivity index (χ0) is 16.5. The van der Waals surface area contributed by atoms with Gasteiger partial charge in [0.15, 0.2) is 10.4 Å². The van der Waals surface area contributed by atoms with E-state index in [-0.39, 0.29) is 0 Å². The first-order chi connectivity index (χ1) is 11.8. The number of aryl methyl sites for hydroxylation is 1. The normalized spacial score (nSPS) is 12.5. The van der Waals surface area contributed by atoms with Crippen LogP contribution in [0.4, 0.5) is 5.69 Å². The van der Waals surface area contributed by atoms with E-state index in [9.17, 15) is 0 Å². The predicted octanol–water partition coefficient (Wildman–Crippen LogP) is 6.08. The lowest BCUT2D eigenvalue weighted by atomic mass is 10.2. The average Bonchev–Trinajstić information content (AvgIpc) is 3.13. The summed E-state index contributed by atoms with van der Waals surface area (Å²) in [5, 5.41) is 0. The Labute approximate surface area is 152 Å². The molecule has 2 aromatic heterocycles. The molecule has 5 heteroatoms. The molecule has 0 aliphatic rings. The Hall–Kier alpha value is -1.85. The van der Waals surface area contributed by atoms with Crippen LogP contribution < -0.4 is 4.80 Å². The number of nitrogens with zero attached hydrogens (tertiary/aromatic N) is 2. The molecule has 0 amide bonds. The molecule has 0 bridgehead atoms. The van der Waals surface area contributed by atoms with E-state index in [2.05, 4.69) is 33.3 Å². The Morgan fingerprint density at radius 2 is 1.92 bits per heavy atom. The van der Waals surface area contributed by atoms with Crippen LogP contribution in [-0.4, -0.2) is 4.40 Å². The molecule has 0 saturated carbocycles. The molecule has 4 aromatic rings. The fraction of sp³-hybridized carbons (Fsp3) is 0.211. The number of para-hydroxylation sites is 2. The van der Waals surface area contributed by atoms with Crippen LogP contribution in [0.3, 0.4) is 0 Å². The van der Waals surface area contributed by atoms with Crippen LogP contribution in [0.1, 0.15) is 24.6 Å². The number of fused-ring (bicyclic) bond motifs is 3. The quantitative estimate of drug-likeness (QED) is 0.407. The molecule has 3 nitrogen and oxygen atoms in total. The van der Waals surface area contributed by atoms with Gasteiger partial charge in [0.25, 0.3) is 0 Å². The zero-order valence-corrected chi connectivity index (χ0v) is 15.7. The zero-order valence-electron chi connectivity index (χ0n) is 13.3. The molecule has 0 spiro atoms. The molecule has 122 valence electrons. The molecule has 2 heterocycles. The van der Waals surface area contributed by atoms with E-state index >= 15 is 0 Å². The number of hydrogen-bond acceptors (Lipinski definition) is 3. The van der Waals surface area contributed by atoms with Gasteiger partial charge in [-0.05, 0) is 49.2 Å². The Bertz CT molecular complexity index is 1060. The van der Waals surface area contributed by atoms with Crippen LogP contribution in [0, 0.1) is 0 Å². The maximum Gasteiger partial charge on any atom is 0.220 e. The van der Waals surface area contributed by atoms with Gasteiger partial charge in [-0.25, -0.2) is 4.99 Å². The van der Waals surface area contributed by atoms with Crippen LogP contribution in [0.5, 0.6) is 0 Å². The monoisotopic (exact) mass is 400 g/mol. The Balaban J connectivity index is 1.97. The number of benzene rings is 2. The van der Waals surface area contributed by atoms with Crippen molar-refractivity contribution in [2.45, 2.75) is 26.2 Å². The van der Waals surface area contributed by atoms with E-state index in [1.807, 2.05) is 42.5 Å². The largest absolute Gasteiger partial charge is 0.437 e. The van der Waals surface area contributed by atoms with Gasteiger partial charge < -0.3 is 4.42 Å². The fourth-order valence-electron chi connectivity index (χ4n) is 2.75. The molecule has 0 unspecified atom stereocenters. The second-order valence-corrected chi connectivity index (χ2v) is 7.69. The standard InChI is InChI=1S/C19H17BrN2OS/c1-2-3-8-17-18-22(15-6-4-5-7-16(15)23-18)19(24-17)21-14-11-9-13(20)10-12-14/h4-7,9-12H,2-3,8H2,1H3. The molecule has 2 aromatic carbocycles. The fourth-order valence-corrected chi connectivity index (χ4v) is 4.13. The topological polar surface area (TPSA) is 29.9 Å². The second-order valence-electron chi connectivity index (χ2n) is 5.71. The minimum Gasteiger partial charge on any atom is -0.437 e. The lowest BCUT2D eigenvalue weighted by Crippen LogP contribution is -2.04. The number of thiazole rings is 1. The Morgan fingerprint density at radius 3 is 2.71 bits per heavy atom. The highest BCUT2D eigenvalue weighted by Gasteiger charge is 2.14. The summed E-state index contributed by atoms with van der Waals surface area (Å²) in [6.07, 6.45) is 3.36. The molecule has 24 heavy (non-hydrogen) atoms. The summed E-state index contributed by atoms with van der Waals surface area (Å²) >= 11 is 5.19. The molecule has 0 aliphatic carbocycles.